The van der Waals surface area contributed by atoms with Crippen LogP contribution in [0.5, 0.6) is 0 Å². The highest BCUT2D eigenvalue weighted by molar-refractivity contribution is 7.80. The van der Waals surface area contributed by atoms with Crippen LogP contribution in [0, 0.1) is 11.8 Å². The number of carbonyl (C=O) groups excluding carboxylic acids is 3. The highest BCUT2D eigenvalue weighted by Gasteiger charge is 2.34. The fourth-order valence-electron chi connectivity index (χ4n) is 4.37. The first-order valence-corrected chi connectivity index (χ1v) is 13.5. The van der Waals surface area contributed by atoms with Gasteiger partial charge in [-0.15, -0.1) is 11.3 Å². The van der Waals surface area contributed by atoms with E-state index < -0.39 is 5.97 Å². The number of nitrogens with one attached hydrogen (secondary N) is 4. The predicted octanol–water partition coefficient (Wildman–Crippen LogP) is 2.60. The predicted molar refractivity (Wildman–Crippen MR) is 140 cm³/mol. The van der Waals surface area contributed by atoms with E-state index in [2.05, 4.69) is 26.4 Å². The van der Waals surface area contributed by atoms with Gasteiger partial charge in [0.05, 0.1) is 12.7 Å². The summed E-state index contributed by atoms with van der Waals surface area (Å²) in [4.78, 5) is 38.6. The normalized spacial score (nSPS) is 18.7. The van der Waals surface area contributed by atoms with Gasteiger partial charge in [0.15, 0.2) is 10.8 Å². The first-order valence-electron chi connectivity index (χ1n) is 12.3. The molecule has 2 aromatic rings. The van der Waals surface area contributed by atoms with Gasteiger partial charge in [0.2, 0.25) is 5.91 Å². The lowest BCUT2D eigenvalue weighted by Gasteiger charge is -2.25. The Morgan fingerprint density at radius 1 is 1.19 bits per heavy atom. The number of hydrogen-bond acceptors (Lipinski definition) is 7. The van der Waals surface area contributed by atoms with Gasteiger partial charge in [-0.25, -0.2) is 4.79 Å². The number of thiophene rings is 1. The summed E-state index contributed by atoms with van der Waals surface area (Å²) in [6.45, 7) is 0.674. The number of esters is 1. The zero-order valence-corrected chi connectivity index (χ0v) is 21.9. The molecule has 10 nitrogen and oxygen atoms in total. The van der Waals surface area contributed by atoms with Crippen LogP contribution in [0.15, 0.2) is 6.07 Å². The Bertz CT molecular complexity index is 1210. The monoisotopic (exact) mass is 530 g/mol. The average Bonchev–Trinajstić information content (AvgIpc) is 3.78. The molecule has 2 heterocycles. The van der Waals surface area contributed by atoms with Gasteiger partial charge < -0.3 is 26.0 Å². The number of fused-ring (bicyclic) bond motifs is 1. The molecule has 12 heteroatoms. The molecule has 4 N–H and O–H groups in total. The van der Waals surface area contributed by atoms with E-state index in [0.717, 1.165) is 49.0 Å². The van der Waals surface area contributed by atoms with Crippen LogP contribution < -0.4 is 21.3 Å². The Kier molecular flexibility index (Phi) is 6.98. The number of aromatic nitrogens is 2. The number of thiocarbonyl (C=S) groups is 1. The summed E-state index contributed by atoms with van der Waals surface area (Å²) in [5.41, 5.74) is 1.78. The Morgan fingerprint density at radius 2 is 1.97 bits per heavy atom. The van der Waals surface area contributed by atoms with Gasteiger partial charge in [-0.3, -0.25) is 14.3 Å². The highest BCUT2D eigenvalue weighted by Crippen LogP contribution is 2.40. The summed E-state index contributed by atoms with van der Waals surface area (Å²) in [5.74, 6) is 0.565. The molecule has 1 atom stereocenters. The third-order valence-electron chi connectivity index (χ3n) is 6.77. The Morgan fingerprint density at radius 3 is 2.67 bits per heavy atom. The molecule has 3 aliphatic carbocycles. The molecule has 0 saturated heterocycles. The summed E-state index contributed by atoms with van der Waals surface area (Å²) in [6, 6.07) is 1.59. The number of rotatable bonds is 8. The van der Waals surface area contributed by atoms with E-state index in [-0.39, 0.29) is 29.5 Å². The summed E-state index contributed by atoms with van der Waals surface area (Å²) in [7, 11) is 3.01. The fraction of sp³-hybridized carbons (Fsp3) is 0.542. The molecule has 2 fully saturated rings. The van der Waals surface area contributed by atoms with Crippen molar-refractivity contribution in [1.82, 2.24) is 20.4 Å². The van der Waals surface area contributed by atoms with Crippen LogP contribution in [0.4, 0.5) is 10.8 Å². The first kappa shape index (κ1) is 24.7. The van der Waals surface area contributed by atoms with Crippen molar-refractivity contribution in [3.63, 3.8) is 0 Å². The number of hydrogen-bond donors (Lipinski definition) is 4. The maximum Gasteiger partial charge on any atom is 0.358 e. The van der Waals surface area contributed by atoms with Gasteiger partial charge in [-0.1, -0.05) is 0 Å². The lowest BCUT2D eigenvalue weighted by atomic mass is 9.91. The Hall–Kier alpha value is -2.99. The van der Waals surface area contributed by atoms with Crippen molar-refractivity contribution in [2.24, 2.45) is 18.9 Å². The van der Waals surface area contributed by atoms with Crippen molar-refractivity contribution in [3.05, 3.63) is 27.8 Å². The number of amides is 2. The molecule has 2 aromatic heterocycles. The van der Waals surface area contributed by atoms with E-state index >= 15 is 0 Å². The maximum atomic E-state index is 13.2. The van der Waals surface area contributed by atoms with E-state index in [9.17, 15) is 14.4 Å². The van der Waals surface area contributed by atoms with Crippen molar-refractivity contribution in [3.8, 4) is 0 Å². The van der Waals surface area contributed by atoms with Crippen LogP contribution in [0.25, 0.3) is 0 Å². The van der Waals surface area contributed by atoms with Crippen molar-refractivity contribution in [2.45, 2.75) is 51.0 Å². The minimum Gasteiger partial charge on any atom is -0.464 e. The van der Waals surface area contributed by atoms with Crippen molar-refractivity contribution >= 4 is 57.3 Å². The minimum absolute atomic E-state index is 0.00685. The van der Waals surface area contributed by atoms with Gasteiger partial charge in [-0.2, -0.15) is 5.10 Å². The highest BCUT2D eigenvalue weighted by atomic mass is 32.1. The van der Waals surface area contributed by atoms with Crippen molar-refractivity contribution in [2.75, 3.05) is 24.3 Å². The number of methoxy groups -OCH3 is 1. The molecule has 3 aliphatic rings. The van der Waals surface area contributed by atoms with Crippen LogP contribution in [0.2, 0.25) is 0 Å². The standard InChI is InChI=1S/C24H30N6O4S2/c1-30-18(10-16(29-30)23(33)34-2)27-24(35)26-14-7-8-17-15(9-14)19(21(32)25-11-12-3-4-12)22(36-17)28-20(31)13-5-6-13/h10,12-14H,3-9,11H2,1-2H3,(H,25,32)(H,28,31)(H2,26,27,35)/t14-/m0/s1. The second kappa shape index (κ2) is 10.2. The molecule has 0 spiro atoms. The van der Waals surface area contributed by atoms with Crippen LogP contribution in [-0.4, -0.2) is 52.4 Å². The van der Waals surface area contributed by atoms with Crippen LogP contribution in [-0.2, 0) is 29.4 Å². The zero-order valence-electron chi connectivity index (χ0n) is 20.3. The molecule has 5 rings (SSSR count). The fourth-order valence-corrected chi connectivity index (χ4v) is 5.88. The molecule has 192 valence electrons. The number of anilines is 2. The first-order chi connectivity index (χ1) is 17.3. The molecule has 0 radical (unpaired) electrons. The second-order valence-electron chi connectivity index (χ2n) is 9.69. The molecular formula is C24H30N6O4S2. The number of carbonyl (C=O) groups is 3. The lowest BCUT2D eigenvalue weighted by molar-refractivity contribution is -0.117. The van der Waals surface area contributed by atoms with Crippen LogP contribution >= 0.6 is 23.6 Å². The average molecular weight is 531 g/mol. The summed E-state index contributed by atoms with van der Waals surface area (Å²) in [5, 5.41) is 17.7. The van der Waals surface area contributed by atoms with Crippen molar-refractivity contribution < 1.29 is 19.1 Å². The molecule has 36 heavy (non-hydrogen) atoms. The smallest absolute Gasteiger partial charge is 0.358 e. The summed E-state index contributed by atoms with van der Waals surface area (Å²) < 4.78 is 6.25. The largest absolute Gasteiger partial charge is 0.464 e. The van der Waals surface area contributed by atoms with E-state index in [1.807, 2.05) is 0 Å². The molecular weight excluding hydrogens is 500 g/mol. The van der Waals surface area contributed by atoms with E-state index in [1.54, 1.807) is 13.1 Å². The Balaban J connectivity index is 1.28. The quantitative estimate of drug-likeness (QED) is 0.303. The molecule has 0 unspecified atom stereocenters. The van der Waals surface area contributed by atoms with Gasteiger partial charge in [0, 0.05) is 36.5 Å². The molecule has 2 amide bonds. The third-order valence-corrected chi connectivity index (χ3v) is 8.20. The van der Waals surface area contributed by atoms with Gasteiger partial charge in [0.25, 0.3) is 5.91 Å². The van der Waals surface area contributed by atoms with Gasteiger partial charge >= 0.3 is 5.97 Å². The maximum absolute atomic E-state index is 13.2. The van der Waals surface area contributed by atoms with Gasteiger partial charge in [-0.05, 0) is 68.6 Å². The lowest BCUT2D eigenvalue weighted by Crippen LogP contribution is -2.41. The molecule has 2 saturated carbocycles. The molecule has 0 aromatic carbocycles. The van der Waals surface area contributed by atoms with E-state index in [4.69, 9.17) is 17.0 Å². The van der Waals surface area contributed by atoms with E-state index in [1.165, 1.54) is 23.1 Å². The van der Waals surface area contributed by atoms with Gasteiger partial charge in [0.1, 0.15) is 10.8 Å². The van der Waals surface area contributed by atoms with E-state index in [0.29, 0.717) is 40.4 Å². The summed E-state index contributed by atoms with van der Waals surface area (Å²) >= 11 is 7.05. The van der Waals surface area contributed by atoms with Crippen LogP contribution in [0.3, 0.4) is 0 Å². The third kappa shape index (κ3) is 5.54. The minimum atomic E-state index is -0.521. The zero-order chi connectivity index (χ0) is 25.4. The summed E-state index contributed by atoms with van der Waals surface area (Å²) in [6.07, 6.45) is 6.39. The number of nitrogens with zero attached hydrogens (tertiary/aromatic N) is 2. The van der Waals surface area contributed by atoms with Crippen molar-refractivity contribution in [1.29, 1.82) is 0 Å². The molecule has 0 aliphatic heterocycles. The molecule has 0 bridgehead atoms. The SMILES string of the molecule is COC(=O)c1cc(NC(=S)N[C@H]2CCc3sc(NC(=O)C4CC4)c(C(=O)NCC4CC4)c3C2)n(C)n1. The number of ether oxygens (including phenoxy) is 1. The van der Waals surface area contributed by atoms with Crippen LogP contribution in [0.1, 0.15) is 63.4 Å². The number of aryl methyl sites for hydroxylation is 2. The Labute approximate surface area is 218 Å². The topological polar surface area (TPSA) is 126 Å². The second-order valence-corrected chi connectivity index (χ2v) is 11.2.